The molecular formula is C12H11NO5S2. The van der Waals surface area contributed by atoms with Crippen molar-refractivity contribution >= 4 is 27.1 Å². The molecule has 2 aromatic rings. The molecule has 20 heavy (non-hydrogen) atoms. The zero-order valence-corrected chi connectivity index (χ0v) is 12.1. The Hall–Kier alpha value is -1.93. The van der Waals surface area contributed by atoms with Crippen LogP contribution in [0.25, 0.3) is 0 Å². The van der Waals surface area contributed by atoms with Crippen LogP contribution in [0.5, 0.6) is 5.75 Å². The van der Waals surface area contributed by atoms with Crippen LogP contribution in [0, 0.1) is 0 Å². The smallest absolute Gasteiger partial charge is 0.335 e. The first-order valence-corrected chi connectivity index (χ1v) is 7.98. The number of aromatic carboxylic acids is 1. The summed E-state index contributed by atoms with van der Waals surface area (Å²) in [6, 6.07) is 3.74. The molecule has 0 atom stereocenters. The first-order chi connectivity index (χ1) is 9.44. The van der Waals surface area contributed by atoms with E-state index in [1.54, 1.807) is 0 Å². The highest BCUT2D eigenvalue weighted by Gasteiger charge is 2.22. The molecule has 0 saturated heterocycles. The molecule has 0 aliphatic rings. The molecule has 0 spiro atoms. The number of hydrogen-bond acceptors (Lipinski definition) is 6. The summed E-state index contributed by atoms with van der Waals surface area (Å²) < 4.78 is 29.7. The quantitative estimate of drug-likeness (QED) is 0.905. The predicted molar refractivity (Wildman–Crippen MR) is 73.0 cm³/mol. The second-order valence-electron chi connectivity index (χ2n) is 3.90. The molecule has 0 aliphatic carbocycles. The van der Waals surface area contributed by atoms with Crippen molar-refractivity contribution in [2.75, 3.05) is 7.11 Å². The predicted octanol–water partition coefficient (Wildman–Crippen LogP) is 1.82. The highest BCUT2D eigenvalue weighted by atomic mass is 32.2. The SMILES string of the molecule is COc1ccc(C(=O)O)cc1S(=O)(=O)Cc1cncs1. The Kier molecular flexibility index (Phi) is 4.05. The van der Waals surface area contributed by atoms with E-state index in [0.29, 0.717) is 4.88 Å². The van der Waals surface area contributed by atoms with Crippen molar-refractivity contribution in [1.29, 1.82) is 0 Å². The summed E-state index contributed by atoms with van der Waals surface area (Å²) in [7, 11) is -2.37. The van der Waals surface area contributed by atoms with Crippen LogP contribution in [0.4, 0.5) is 0 Å². The third-order valence-electron chi connectivity index (χ3n) is 2.56. The van der Waals surface area contributed by atoms with Crippen molar-refractivity contribution in [3.8, 4) is 5.75 Å². The summed E-state index contributed by atoms with van der Waals surface area (Å²) in [5.41, 5.74) is 1.43. The molecule has 1 aromatic carbocycles. The van der Waals surface area contributed by atoms with Crippen molar-refractivity contribution in [3.05, 3.63) is 40.3 Å². The van der Waals surface area contributed by atoms with Gasteiger partial charge in [-0.3, -0.25) is 4.98 Å². The molecule has 0 bridgehead atoms. The Balaban J connectivity index is 2.48. The maximum absolute atomic E-state index is 12.4. The number of carboxylic acid groups (broad SMARTS) is 1. The minimum Gasteiger partial charge on any atom is -0.495 e. The maximum Gasteiger partial charge on any atom is 0.335 e. The monoisotopic (exact) mass is 313 g/mol. The molecule has 1 aromatic heterocycles. The highest BCUT2D eigenvalue weighted by Crippen LogP contribution is 2.28. The first-order valence-electron chi connectivity index (χ1n) is 5.45. The molecular weight excluding hydrogens is 302 g/mol. The molecule has 0 fully saturated rings. The lowest BCUT2D eigenvalue weighted by molar-refractivity contribution is 0.0696. The zero-order chi connectivity index (χ0) is 14.8. The van der Waals surface area contributed by atoms with Crippen LogP contribution in [0.1, 0.15) is 15.2 Å². The number of ether oxygens (including phenoxy) is 1. The van der Waals surface area contributed by atoms with Gasteiger partial charge in [0, 0.05) is 11.1 Å². The number of methoxy groups -OCH3 is 1. The average Bonchev–Trinajstić information content (AvgIpc) is 2.90. The molecule has 0 amide bonds. The van der Waals surface area contributed by atoms with Gasteiger partial charge in [-0.25, -0.2) is 13.2 Å². The van der Waals surface area contributed by atoms with Gasteiger partial charge in [-0.05, 0) is 18.2 Å². The second-order valence-corrected chi connectivity index (χ2v) is 6.83. The van der Waals surface area contributed by atoms with E-state index in [-0.39, 0.29) is 22.0 Å². The fraction of sp³-hybridized carbons (Fsp3) is 0.167. The van der Waals surface area contributed by atoms with Crippen molar-refractivity contribution < 1.29 is 23.1 Å². The molecule has 6 nitrogen and oxygen atoms in total. The van der Waals surface area contributed by atoms with Crippen LogP contribution in [0.2, 0.25) is 0 Å². The number of nitrogens with zero attached hydrogens (tertiary/aromatic N) is 1. The van der Waals surface area contributed by atoms with E-state index in [9.17, 15) is 13.2 Å². The molecule has 0 saturated carbocycles. The van der Waals surface area contributed by atoms with E-state index in [1.165, 1.54) is 42.3 Å². The van der Waals surface area contributed by atoms with Crippen molar-refractivity contribution in [1.82, 2.24) is 4.98 Å². The van der Waals surface area contributed by atoms with Gasteiger partial charge in [-0.1, -0.05) is 0 Å². The summed E-state index contributed by atoms with van der Waals surface area (Å²) in [5, 5.41) is 8.95. The maximum atomic E-state index is 12.4. The Morgan fingerprint density at radius 1 is 1.45 bits per heavy atom. The van der Waals surface area contributed by atoms with Crippen molar-refractivity contribution in [2.45, 2.75) is 10.6 Å². The second kappa shape index (κ2) is 5.59. The summed E-state index contributed by atoms with van der Waals surface area (Å²) in [6.07, 6.45) is 1.47. The molecule has 2 rings (SSSR count). The zero-order valence-electron chi connectivity index (χ0n) is 10.4. The van der Waals surface area contributed by atoms with Gasteiger partial charge in [-0.2, -0.15) is 0 Å². The van der Waals surface area contributed by atoms with Gasteiger partial charge < -0.3 is 9.84 Å². The lowest BCUT2D eigenvalue weighted by atomic mass is 10.2. The van der Waals surface area contributed by atoms with E-state index >= 15 is 0 Å². The number of aromatic nitrogens is 1. The fourth-order valence-electron chi connectivity index (χ4n) is 1.63. The minimum absolute atomic E-state index is 0.103. The highest BCUT2D eigenvalue weighted by molar-refractivity contribution is 7.90. The first kappa shape index (κ1) is 14.5. The van der Waals surface area contributed by atoms with Gasteiger partial charge >= 0.3 is 5.97 Å². The van der Waals surface area contributed by atoms with E-state index in [4.69, 9.17) is 9.84 Å². The Labute approximate surface area is 119 Å². The van der Waals surface area contributed by atoms with Crippen LogP contribution in [0.3, 0.4) is 0 Å². The van der Waals surface area contributed by atoms with Crippen LogP contribution in [-0.2, 0) is 15.6 Å². The molecule has 0 aliphatic heterocycles. The van der Waals surface area contributed by atoms with Gasteiger partial charge in [-0.15, -0.1) is 11.3 Å². The third-order valence-corrected chi connectivity index (χ3v) is 5.20. The molecule has 106 valence electrons. The van der Waals surface area contributed by atoms with Crippen LogP contribution in [-0.4, -0.2) is 31.6 Å². The molecule has 8 heteroatoms. The van der Waals surface area contributed by atoms with Crippen LogP contribution >= 0.6 is 11.3 Å². The largest absolute Gasteiger partial charge is 0.495 e. The summed E-state index contributed by atoms with van der Waals surface area (Å²) >= 11 is 1.22. The number of carbonyl (C=O) groups is 1. The number of benzene rings is 1. The number of sulfone groups is 1. The average molecular weight is 313 g/mol. The Bertz CT molecular complexity index is 722. The van der Waals surface area contributed by atoms with Gasteiger partial charge in [0.1, 0.15) is 10.6 Å². The number of rotatable bonds is 5. The molecule has 1 N–H and O–H groups in total. The van der Waals surface area contributed by atoms with Gasteiger partial charge in [0.15, 0.2) is 9.84 Å². The van der Waals surface area contributed by atoms with Crippen molar-refractivity contribution in [2.24, 2.45) is 0 Å². The lowest BCUT2D eigenvalue weighted by Crippen LogP contribution is -2.08. The third kappa shape index (κ3) is 2.97. The van der Waals surface area contributed by atoms with E-state index in [2.05, 4.69) is 4.98 Å². The van der Waals surface area contributed by atoms with E-state index < -0.39 is 15.8 Å². The lowest BCUT2D eigenvalue weighted by Gasteiger charge is -2.09. The van der Waals surface area contributed by atoms with E-state index in [0.717, 1.165) is 6.07 Å². The molecule has 0 unspecified atom stereocenters. The normalized spacial score (nSPS) is 11.2. The Morgan fingerprint density at radius 3 is 2.75 bits per heavy atom. The van der Waals surface area contributed by atoms with Crippen LogP contribution < -0.4 is 4.74 Å². The van der Waals surface area contributed by atoms with Gasteiger partial charge in [0.25, 0.3) is 0 Å². The van der Waals surface area contributed by atoms with Crippen LogP contribution in [0.15, 0.2) is 34.8 Å². The minimum atomic E-state index is -3.70. The molecule has 1 heterocycles. The Morgan fingerprint density at radius 2 is 2.20 bits per heavy atom. The number of thiazole rings is 1. The van der Waals surface area contributed by atoms with E-state index in [1.807, 2.05) is 0 Å². The fourth-order valence-corrected chi connectivity index (χ4v) is 4.12. The summed E-state index contributed by atoms with van der Waals surface area (Å²) in [6.45, 7) is 0. The van der Waals surface area contributed by atoms with Gasteiger partial charge in [0.2, 0.25) is 0 Å². The van der Waals surface area contributed by atoms with Gasteiger partial charge in [0.05, 0.1) is 23.9 Å². The summed E-state index contributed by atoms with van der Waals surface area (Å²) in [5.74, 6) is -1.31. The summed E-state index contributed by atoms with van der Waals surface area (Å²) in [4.78, 5) is 15.2. The standard InChI is InChI=1S/C12H11NO5S2/c1-18-10-3-2-8(12(14)15)4-11(10)20(16,17)6-9-5-13-7-19-9/h2-5,7H,6H2,1H3,(H,14,15). The number of carboxylic acids is 1. The number of hydrogen-bond donors (Lipinski definition) is 1. The van der Waals surface area contributed by atoms with Crippen molar-refractivity contribution in [3.63, 3.8) is 0 Å². The molecule has 0 radical (unpaired) electrons. The topological polar surface area (TPSA) is 93.6 Å².